The van der Waals surface area contributed by atoms with Crippen molar-refractivity contribution in [2.75, 3.05) is 12.0 Å². The molecule has 7 rings (SSSR count). The number of carbonyl (C=O) groups is 1. The lowest BCUT2D eigenvalue weighted by Gasteiger charge is -2.33. The Balaban J connectivity index is 1.26. The Morgan fingerprint density at radius 1 is 1.21 bits per heavy atom. The Morgan fingerprint density at radius 2 is 2.00 bits per heavy atom. The second-order valence-electron chi connectivity index (χ2n) is 10.7. The summed E-state index contributed by atoms with van der Waals surface area (Å²) < 4.78 is 67.3. The quantitative estimate of drug-likeness (QED) is 0.253. The molecule has 0 bridgehead atoms. The van der Waals surface area contributed by atoms with Gasteiger partial charge in [-0.2, -0.15) is 13.2 Å². The van der Waals surface area contributed by atoms with Crippen LogP contribution in [0.5, 0.6) is 5.88 Å². The van der Waals surface area contributed by atoms with Crippen molar-refractivity contribution >= 4 is 11.9 Å². The molecule has 1 N–H and O–H groups in total. The Kier molecular flexibility index (Phi) is 5.75. The number of aromatic nitrogens is 6. The minimum absolute atomic E-state index is 0.0485. The maximum absolute atomic E-state index is 15.3. The van der Waals surface area contributed by atoms with Gasteiger partial charge in [0.15, 0.2) is 5.82 Å². The molecule has 3 aliphatic rings. The predicted molar refractivity (Wildman–Crippen MR) is 138 cm³/mol. The number of carbonyl (C=O) groups excluding carboxylic acids is 1. The molecular formula is C28H24F4N7O3+. The lowest BCUT2D eigenvalue weighted by Crippen LogP contribution is -2.41. The van der Waals surface area contributed by atoms with E-state index in [2.05, 4.69) is 19.9 Å². The molecule has 1 aliphatic heterocycles. The zero-order valence-electron chi connectivity index (χ0n) is 22.5. The average Bonchev–Trinajstić information content (AvgIpc) is 3.89. The average molecular weight is 583 g/mol. The number of imidazole rings is 1. The normalized spacial score (nSPS) is 17.3. The molecule has 4 aromatic rings. The third kappa shape index (κ3) is 4.32. The first-order valence-corrected chi connectivity index (χ1v) is 13.3. The molecule has 10 nitrogen and oxygen atoms in total. The van der Waals surface area contributed by atoms with Crippen LogP contribution in [0.4, 0.5) is 28.2 Å². The molecule has 14 heteroatoms. The van der Waals surface area contributed by atoms with E-state index < -0.39 is 29.4 Å². The number of hydrogen-bond acceptors (Lipinski definition) is 7. The number of H-pyrrole nitrogens is 1. The fourth-order valence-corrected chi connectivity index (χ4v) is 5.36. The van der Waals surface area contributed by atoms with Crippen LogP contribution in [-0.2, 0) is 30.1 Å². The van der Waals surface area contributed by atoms with Gasteiger partial charge < -0.3 is 9.47 Å². The number of fused-ring (bicyclic) bond motifs is 2. The first-order chi connectivity index (χ1) is 20.1. The second-order valence-corrected chi connectivity index (χ2v) is 10.7. The van der Waals surface area contributed by atoms with Gasteiger partial charge in [-0.25, -0.2) is 38.7 Å². The largest absolute Gasteiger partial charge is 0.480 e. The Labute approximate surface area is 236 Å². The molecule has 1 aromatic carbocycles. The lowest BCUT2D eigenvalue weighted by atomic mass is 10.1. The van der Waals surface area contributed by atoms with Gasteiger partial charge in [-0.05, 0) is 43.4 Å². The van der Waals surface area contributed by atoms with Crippen LogP contribution >= 0.6 is 0 Å². The second kappa shape index (κ2) is 9.19. The highest BCUT2D eigenvalue weighted by Crippen LogP contribution is 2.55. The number of rotatable bonds is 6. The number of ether oxygens (including phenoxy) is 2. The number of benzene rings is 1. The predicted octanol–water partition coefficient (Wildman–Crippen LogP) is 4.94. The number of methoxy groups -OCH3 is 1. The minimum atomic E-state index is -4.61. The molecule has 0 atom stereocenters. The highest BCUT2D eigenvalue weighted by molar-refractivity contribution is 5.91. The maximum atomic E-state index is 15.3. The van der Waals surface area contributed by atoms with Crippen molar-refractivity contribution in [3.8, 4) is 28.7 Å². The maximum Gasteiger partial charge on any atom is 0.457 e. The fraction of sp³-hybridized carbons (Fsp3) is 0.357. The third-order valence-electron chi connectivity index (χ3n) is 7.81. The number of nitrogens with one attached hydrogen (secondary N) is 1. The van der Waals surface area contributed by atoms with E-state index in [0.29, 0.717) is 47.1 Å². The fourth-order valence-electron chi connectivity index (χ4n) is 5.36. The molecule has 0 unspecified atom stereocenters. The first kappa shape index (κ1) is 26.3. The molecule has 42 heavy (non-hydrogen) atoms. The van der Waals surface area contributed by atoms with E-state index in [9.17, 15) is 18.0 Å². The molecule has 2 fully saturated rings. The van der Waals surface area contributed by atoms with Crippen molar-refractivity contribution in [2.45, 2.75) is 49.9 Å². The van der Waals surface area contributed by atoms with Crippen molar-refractivity contribution in [1.29, 1.82) is 0 Å². The number of anilines is 1. The molecule has 2 aliphatic carbocycles. The van der Waals surface area contributed by atoms with Gasteiger partial charge in [0.1, 0.15) is 35.3 Å². The number of alkyl halides is 3. The molecular weight excluding hydrogens is 558 g/mol. The van der Waals surface area contributed by atoms with Gasteiger partial charge in [-0.3, -0.25) is 4.90 Å². The lowest BCUT2D eigenvalue weighted by molar-refractivity contribution is -0.659. The summed E-state index contributed by atoms with van der Waals surface area (Å²) in [5, 5.41) is 0. The van der Waals surface area contributed by atoms with Crippen LogP contribution in [0.2, 0.25) is 0 Å². The van der Waals surface area contributed by atoms with Gasteiger partial charge in [0.05, 0.1) is 37.5 Å². The van der Waals surface area contributed by atoms with Crippen LogP contribution in [-0.4, -0.2) is 38.1 Å². The van der Waals surface area contributed by atoms with Crippen molar-refractivity contribution in [2.24, 2.45) is 7.05 Å². The number of halogens is 4. The van der Waals surface area contributed by atoms with Crippen LogP contribution < -0.4 is 14.2 Å². The molecule has 216 valence electrons. The van der Waals surface area contributed by atoms with Crippen molar-refractivity contribution in [3.05, 3.63) is 65.3 Å². The highest BCUT2D eigenvalue weighted by Gasteiger charge is 2.55. The minimum Gasteiger partial charge on any atom is -0.480 e. The van der Waals surface area contributed by atoms with Crippen molar-refractivity contribution < 1.29 is 36.4 Å². The number of aromatic amines is 1. The summed E-state index contributed by atoms with van der Waals surface area (Å²) in [6.45, 7) is -0.0991. The van der Waals surface area contributed by atoms with Gasteiger partial charge in [0.25, 0.3) is 5.82 Å². The summed E-state index contributed by atoms with van der Waals surface area (Å²) in [7, 11) is 2.89. The van der Waals surface area contributed by atoms with Crippen LogP contribution in [0, 0.1) is 5.82 Å². The van der Waals surface area contributed by atoms with Gasteiger partial charge in [0.2, 0.25) is 11.6 Å². The van der Waals surface area contributed by atoms with Gasteiger partial charge in [0, 0.05) is 12.1 Å². The van der Waals surface area contributed by atoms with E-state index in [1.807, 2.05) is 0 Å². The van der Waals surface area contributed by atoms with E-state index in [1.165, 1.54) is 42.1 Å². The Morgan fingerprint density at radius 3 is 2.64 bits per heavy atom. The van der Waals surface area contributed by atoms with Crippen LogP contribution in [0.15, 0.2) is 36.9 Å². The van der Waals surface area contributed by atoms with E-state index >= 15 is 4.39 Å². The molecule has 0 saturated heterocycles. The third-order valence-corrected chi connectivity index (χ3v) is 7.81. The van der Waals surface area contributed by atoms with Gasteiger partial charge in [-0.15, -0.1) is 0 Å². The van der Waals surface area contributed by atoms with Crippen LogP contribution in [0.3, 0.4) is 0 Å². The zero-order valence-corrected chi connectivity index (χ0v) is 22.5. The monoisotopic (exact) mass is 582 g/mol. The summed E-state index contributed by atoms with van der Waals surface area (Å²) in [5.74, 6) is 0.379. The smallest absolute Gasteiger partial charge is 0.457 e. The van der Waals surface area contributed by atoms with E-state index in [4.69, 9.17) is 14.5 Å². The van der Waals surface area contributed by atoms with Crippen molar-refractivity contribution in [1.82, 2.24) is 24.9 Å². The summed E-state index contributed by atoms with van der Waals surface area (Å²) in [4.78, 5) is 34.9. The van der Waals surface area contributed by atoms with Crippen molar-refractivity contribution in [3.63, 3.8) is 0 Å². The number of hydrogen-bond donors (Lipinski definition) is 1. The standard InChI is InChI=1S/C28H23F4N7O3/c1-38-12-19(28(30,31)32)36-23(38)16-6-3-14(9-18(16)29)11-39-24-17(27(7-8-27)42-26(39)40)10-33-22(37-24)20-21(15-4-5-15)34-13-35-25(20)41-2/h3,6,9-10,12-13,15H,4-5,7-8,11H2,1-2H3/p+1. The summed E-state index contributed by atoms with van der Waals surface area (Å²) in [6.07, 6.45) is 1.89. The molecule has 2 saturated carbocycles. The SMILES string of the molecule is COc1ncnc(C2CC2)c1-c1ncc2c(n1)N(Cc1ccc(-c3[nH]c(C(F)(F)F)c[n+]3C)c(F)c1)C(=O)OC21CC1. The van der Waals surface area contributed by atoms with Gasteiger partial charge >= 0.3 is 12.3 Å². The van der Waals surface area contributed by atoms with Gasteiger partial charge in [-0.1, -0.05) is 6.07 Å². The summed E-state index contributed by atoms with van der Waals surface area (Å²) in [6, 6.07) is 4.09. The molecule has 0 radical (unpaired) electrons. The van der Waals surface area contributed by atoms with E-state index in [0.717, 1.165) is 24.7 Å². The van der Waals surface area contributed by atoms with Crippen LogP contribution in [0.1, 0.15) is 54.1 Å². The number of amides is 1. The van der Waals surface area contributed by atoms with E-state index in [1.54, 1.807) is 12.3 Å². The molecule has 1 spiro atoms. The molecule has 1 amide bonds. The van der Waals surface area contributed by atoms with E-state index in [-0.39, 0.29) is 23.9 Å². The molecule has 3 aromatic heterocycles. The number of aryl methyl sites for hydroxylation is 1. The topological polar surface area (TPSA) is 110 Å². The Bertz CT molecular complexity index is 1750. The molecule has 4 heterocycles. The number of nitrogens with zero attached hydrogens (tertiary/aromatic N) is 6. The summed E-state index contributed by atoms with van der Waals surface area (Å²) >= 11 is 0. The highest BCUT2D eigenvalue weighted by atomic mass is 19.4. The summed E-state index contributed by atoms with van der Waals surface area (Å²) in [5.41, 5.74) is 0.513. The zero-order chi connectivity index (χ0) is 29.4. The first-order valence-electron chi connectivity index (χ1n) is 13.3. The van der Waals surface area contributed by atoms with Crippen LogP contribution in [0.25, 0.3) is 22.8 Å². The Hall–Kier alpha value is -4.62.